The molecule has 166 valence electrons. The zero-order valence-corrected chi connectivity index (χ0v) is 19.0. The van der Waals surface area contributed by atoms with Crippen molar-refractivity contribution >= 4 is 29.3 Å². The summed E-state index contributed by atoms with van der Waals surface area (Å²) in [5.74, 6) is 2.90. The zero-order chi connectivity index (χ0) is 21.9. The van der Waals surface area contributed by atoms with E-state index in [-0.39, 0.29) is 5.56 Å². The minimum absolute atomic E-state index is 0.121. The summed E-state index contributed by atoms with van der Waals surface area (Å²) in [4.78, 5) is 25.5. The first-order valence-electron chi connectivity index (χ1n) is 10.5. The minimum Gasteiger partial charge on any atom is -0.454 e. The molecule has 0 saturated carbocycles. The summed E-state index contributed by atoms with van der Waals surface area (Å²) in [6.07, 6.45) is 0. The van der Waals surface area contributed by atoms with Crippen LogP contribution in [-0.4, -0.2) is 47.8 Å². The molecule has 0 aliphatic carbocycles. The van der Waals surface area contributed by atoms with Gasteiger partial charge in [0, 0.05) is 54.5 Å². The monoisotopic (exact) mass is 470 g/mol. The Balaban J connectivity index is 1.18. The molecule has 2 aliphatic rings. The third-order valence-electron chi connectivity index (χ3n) is 5.50. The van der Waals surface area contributed by atoms with Crippen LogP contribution in [0.5, 0.6) is 11.5 Å². The molecule has 0 amide bonds. The summed E-state index contributed by atoms with van der Waals surface area (Å²) in [7, 11) is 0. The van der Waals surface area contributed by atoms with Crippen molar-refractivity contribution < 1.29 is 9.47 Å². The largest absolute Gasteiger partial charge is 0.454 e. The normalized spacial score (nSPS) is 15.8. The molecule has 1 fully saturated rings. The number of H-pyrrole nitrogens is 1. The lowest BCUT2D eigenvalue weighted by atomic mass is 10.1. The van der Waals surface area contributed by atoms with Gasteiger partial charge < -0.3 is 14.4 Å². The van der Waals surface area contributed by atoms with E-state index in [0.717, 1.165) is 54.8 Å². The molecule has 2 aliphatic heterocycles. The van der Waals surface area contributed by atoms with E-state index in [4.69, 9.17) is 26.1 Å². The number of rotatable bonds is 6. The molecule has 0 atom stereocenters. The van der Waals surface area contributed by atoms with Crippen LogP contribution in [-0.2, 0) is 12.3 Å². The smallest absolute Gasteiger partial charge is 0.252 e. The number of anilines is 1. The highest BCUT2D eigenvalue weighted by molar-refractivity contribution is 7.98. The van der Waals surface area contributed by atoms with E-state index >= 15 is 0 Å². The Morgan fingerprint density at radius 1 is 1.00 bits per heavy atom. The number of piperazine rings is 1. The minimum atomic E-state index is -0.121. The van der Waals surface area contributed by atoms with Crippen molar-refractivity contribution in [3.63, 3.8) is 0 Å². The molecule has 9 heteroatoms. The van der Waals surface area contributed by atoms with Crippen LogP contribution in [0.2, 0.25) is 5.02 Å². The molecule has 2 aromatic carbocycles. The Morgan fingerprint density at radius 3 is 2.59 bits per heavy atom. The Morgan fingerprint density at radius 2 is 1.78 bits per heavy atom. The van der Waals surface area contributed by atoms with Crippen molar-refractivity contribution in [1.29, 1.82) is 0 Å². The van der Waals surface area contributed by atoms with Crippen molar-refractivity contribution in [1.82, 2.24) is 14.9 Å². The Labute approximate surface area is 195 Å². The summed E-state index contributed by atoms with van der Waals surface area (Å²) in [6, 6.07) is 15.4. The molecular formula is C23H23ClN4O3S. The van der Waals surface area contributed by atoms with Gasteiger partial charge in [-0.2, -0.15) is 0 Å². The second-order valence-corrected chi connectivity index (χ2v) is 9.24. The second-order valence-electron chi connectivity index (χ2n) is 7.75. The fraction of sp³-hybridized carbons (Fsp3) is 0.304. The number of nitrogens with one attached hydrogen (secondary N) is 1. The third-order valence-corrected chi connectivity index (χ3v) is 6.80. The van der Waals surface area contributed by atoms with E-state index in [1.807, 2.05) is 30.3 Å². The van der Waals surface area contributed by atoms with Crippen molar-refractivity contribution in [2.45, 2.75) is 17.2 Å². The number of ether oxygens (including phenoxy) is 2. The van der Waals surface area contributed by atoms with Gasteiger partial charge in [0.1, 0.15) is 0 Å². The van der Waals surface area contributed by atoms with E-state index < -0.39 is 0 Å². The van der Waals surface area contributed by atoms with Crippen LogP contribution < -0.4 is 19.9 Å². The standard InChI is InChI=1S/C23H23ClN4O3S/c24-17-2-4-19(5-3-17)32-14-18-12-22(29)26-23(25-18)28-9-7-27(8-10-28)13-16-1-6-20-21(11-16)31-15-30-20/h1-6,11-12H,7-10,13-15H2,(H,25,26,29). The van der Waals surface area contributed by atoms with Crippen LogP contribution >= 0.6 is 23.4 Å². The molecule has 1 saturated heterocycles. The van der Waals surface area contributed by atoms with Gasteiger partial charge in [-0.05, 0) is 42.0 Å². The second kappa shape index (κ2) is 9.44. The van der Waals surface area contributed by atoms with E-state index in [1.165, 1.54) is 5.56 Å². The number of thioether (sulfide) groups is 1. The maximum absolute atomic E-state index is 12.2. The van der Waals surface area contributed by atoms with Crippen molar-refractivity contribution in [2.24, 2.45) is 0 Å². The van der Waals surface area contributed by atoms with Crippen LogP contribution in [0.3, 0.4) is 0 Å². The number of halogens is 1. The molecule has 3 heterocycles. The summed E-state index contributed by atoms with van der Waals surface area (Å²) in [5, 5.41) is 0.712. The lowest BCUT2D eigenvalue weighted by Gasteiger charge is -2.35. The first-order valence-corrected chi connectivity index (χ1v) is 11.8. The number of hydrogen-bond donors (Lipinski definition) is 1. The van der Waals surface area contributed by atoms with Gasteiger partial charge in [0.25, 0.3) is 5.56 Å². The first kappa shape index (κ1) is 21.2. The molecule has 32 heavy (non-hydrogen) atoms. The van der Waals surface area contributed by atoms with Gasteiger partial charge in [-0.25, -0.2) is 4.98 Å². The molecule has 0 spiro atoms. The number of benzene rings is 2. The van der Waals surface area contributed by atoms with E-state index in [9.17, 15) is 4.79 Å². The van der Waals surface area contributed by atoms with Crippen LogP contribution in [0.1, 0.15) is 11.3 Å². The van der Waals surface area contributed by atoms with Crippen molar-refractivity contribution in [3.05, 3.63) is 75.2 Å². The maximum Gasteiger partial charge on any atom is 0.252 e. The molecule has 1 N–H and O–H groups in total. The fourth-order valence-corrected chi connectivity index (χ4v) is 4.74. The number of fused-ring (bicyclic) bond motifs is 1. The molecule has 0 unspecified atom stereocenters. The van der Waals surface area contributed by atoms with Gasteiger partial charge in [-0.15, -0.1) is 11.8 Å². The molecule has 7 nitrogen and oxygen atoms in total. The van der Waals surface area contributed by atoms with Crippen LogP contribution in [0.25, 0.3) is 0 Å². The Bertz CT molecular complexity index is 1150. The highest BCUT2D eigenvalue weighted by Crippen LogP contribution is 2.33. The maximum atomic E-state index is 12.2. The molecular weight excluding hydrogens is 448 g/mol. The summed E-state index contributed by atoms with van der Waals surface area (Å²) < 4.78 is 10.9. The average Bonchev–Trinajstić information content (AvgIpc) is 3.27. The number of hydrogen-bond acceptors (Lipinski definition) is 7. The average molecular weight is 471 g/mol. The fourth-order valence-electron chi connectivity index (χ4n) is 3.82. The lowest BCUT2D eigenvalue weighted by Crippen LogP contribution is -2.47. The SMILES string of the molecule is O=c1cc(CSc2ccc(Cl)cc2)nc(N2CCN(Cc3ccc4c(c3)OCO4)CC2)[nH]1. The van der Waals surface area contributed by atoms with E-state index in [2.05, 4.69) is 26.9 Å². The first-order chi connectivity index (χ1) is 15.6. The predicted octanol–water partition coefficient (Wildman–Crippen LogP) is 3.77. The number of aromatic nitrogens is 2. The van der Waals surface area contributed by atoms with E-state index in [0.29, 0.717) is 23.5 Å². The van der Waals surface area contributed by atoms with Crippen molar-refractivity contribution in [2.75, 3.05) is 37.9 Å². The lowest BCUT2D eigenvalue weighted by molar-refractivity contribution is 0.174. The third kappa shape index (κ3) is 5.03. The summed E-state index contributed by atoms with van der Waals surface area (Å²) >= 11 is 7.58. The van der Waals surface area contributed by atoms with Crippen LogP contribution in [0.15, 0.2) is 58.2 Å². The zero-order valence-electron chi connectivity index (χ0n) is 17.4. The van der Waals surface area contributed by atoms with Crippen LogP contribution in [0.4, 0.5) is 5.95 Å². The molecule has 0 bridgehead atoms. The van der Waals surface area contributed by atoms with Gasteiger partial charge in [-0.1, -0.05) is 17.7 Å². The highest BCUT2D eigenvalue weighted by Gasteiger charge is 2.20. The molecule has 5 rings (SSSR count). The predicted molar refractivity (Wildman–Crippen MR) is 126 cm³/mol. The van der Waals surface area contributed by atoms with Crippen LogP contribution in [0, 0.1) is 0 Å². The molecule has 1 aromatic heterocycles. The summed E-state index contributed by atoms with van der Waals surface area (Å²) in [6.45, 7) is 4.54. The van der Waals surface area contributed by atoms with Crippen molar-refractivity contribution in [3.8, 4) is 11.5 Å². The molecule has 3 aromatic rings. The Kier molecular flexibility index (Phi) is 6.25. The highest BCUT2D eigenvalue weighted by atomic mass is 35.5. The van der Waals surface area contributed by atoms with E-state index in [1.54, 1.807) is 17.8 Å². The number of aromatic amines is 1. The quantitative estimate of drug-likeness (QED) is 0.550. The van der Waals surface area contributed by atoms with Gasteiger partial charge in [0.15, 0.2) is 11.5 Å². The van der Waals surface area contributed by atoms with Gasteiger partial charge >= 0.3 is 0 Å². The topological polar surface area (TPSA) is 70.7 Å². The number of nitrogens with zero attached hydrogens (tertiary/aromatic N) is 3. The molecule has 0 radical (unpaired) electrons. The van der Waals surface area contributed by atoms with Gasteiger partial charge in [0.2, 0.25) is 12.7 Å². The van der Waals surface area contributed by atoms with Gasteiger partial charge in [0.05, 0.1) is 5.69 Å². The van der Waals surface area contributed by atoms with Gasteiger partial charge in [-0.3, -0.25) is 14.7 Å². The Hall–Kier alpha value is -2.68. The summed E-state index contributed by atoms with van der Waals surface area (Å²) in [5.41, 5.74) is 1.85.